The molecule has 1 unspecified atom stereocenters. The molecule has 0 aromatic heterocycles. The van der Waals surface area contributed by atoms with Crippen LogP contribution in [0.25, 0.3) is 0 Å². The molecule has 7 atom stereocenters. The van der Waals surface area contributed by atoms with E-state index in [0.29, 0.717) is 50.6 Å². The van der Waals surface area contributed by atoms with Gasteiger partial charge in [0.2, 0.25) is 11.8 Å². The molecule has 0 bridgehead atoms. The highest BCUT2D eigenvalue weighted by molar-refractivity contribution is 7.98. The van der Waals surface area contributed by atoms with Gasteiger partial charge in [0.05, 0.1) is 25.7 Å². The highest BCUT2D eigenvalue weighted by Crippen LogP contribution is 2.53. The van der Waals surface area contributed by atoms with Crippen LogP contribution in [0.3, 0.4) is 0 Å². The lowest BCUT2D eigenvalue weighted by Crippen LogP contribution is -2.57. The fourth-order valence-corrected chi connectivity index (χ4v) is 9.98. The maximum atomic E-state index is 14.5. The van der Waals surface area contributed by atoms with Gasteiger partial charge in [0.25, 0.3) is 5.91 Å². The molecular weight excluding hydrogens is 697 g/mol. The average molecular weight is 749 g/mol. The van der Waals surface area contributed by atoms with Gasteiger partial charge in [0.15, 0.2) is 0 Å². The third-order valence-corrected chi connectivity index (χ3v) is 13.7. The van der Waals surface area contributed by atoms with Crippen molar-refractivity contribution in [2.45, 2.75) is 137 Å². The van der Waals surface area contributed by atoms with Gasteiger partial charge >= 0.3 is 12.1 Å². The first-order chi connectivity index (χ1) is 25.7. The number of amides is 4. The van der Waals surface area contributed by atoms with Gasteiger partial charge in [-0.3, -0.25) is 23.9 Å². The van der Waals surface area contributed by atoms with Crippen LogP contribution in [0.15, 0.2) is 36.4 Å². The second-order valence-electron chi connectivity index (χ2n) is 16.4. The van der Waals surface area contributed by atoms with E-state index in [1.165, 1.54) is 28.0 Å². The Labute approximate surface area is 315 Å². The minimum atomic E-state index is -1.11. The van der Waals surface area contributed by atoms with Crippen molar-refractivity contribution in [1.82, 2.24) is 20.3 Å². The Kier molecular flexibility index (Phi) is 10.5. The average Bonchev–Trinajstić information content (AvgIpc) is 3.98. The molecule has 3 heterocycles. The number of carbonyl (C=O) groups is 5. The van der Waals surface area contributed by atoms with Gasteiger partial charge in [-0.15, -0.1) is 0 Å². The number of esters is 1. The molecule has 3 saturated carbocycles. The summed E-state index contributed by atoms with van der Waals surface area (Å²) in [4.78, 5) is 71.0. The van der Waals surface area contributed by atoms with Crippen molar-refractivity contribution in [3.8, 4) is 0 Å². The normalized spacial score (nSPS) is 34.2. The molecule has 8 rings (SSSR count). The molecule has 13 heteroatoms. The van der Waals surface area contributed by atoms with E-state index in [4.69, 9.17) is 14.2 Å². The minimum absolute atomic E-state index is 0.00125. The fourth-order valence-electron chi connectivity index (χ4n) is 9.15. The zero-order valence-corrected chi connectivity index (χ0v) is 31.2. The summed E-state index contributed by atoms with van der Waals surface area (Å²) < 4.78 is 20.1. The molecule has 4 amide bonds. The molecule has 286 valence electrons. The van der Waals surface area contributed by atoms with Crippen molar-refractivity contribution in [3.63, 3.8) is 0 Å². The molecule has 4 aliphatic carbocycles. The molecule has 3 N–H and O–H groups in total. The van der Waals surface area contributed by atoms with Crippen LogP contribution in [0.2, 0.25) is 0 Å². The summed E-state index contributed by atoms with van der Waals surface area (Å²) in [5.41, 5.74) is 1.43. The van der Waals surface area contributed by atoms with Gasteiger partial charge in [0, 0.05) is 24.0 Å². The third kappa shape index (κ3) is 7.83. The quantitative estimate of drug-likeness (QED) is 0.210. The number of rotatable bonds is 7. The van der Waals surface area contributed by atoms with E-state index in [-0.39, 0.29) is 48.2 Å². The van der Waals surface area contributed by atoms with Gasteiger partial charge in [-0.05, 0) is 92.7 Å². The van der Waals surface area contributed by atoms with E-state index in [1.54, 1.807) is 0 Å². The zero-order chi connectivity index (χ0) is 36.6. The lowest BCUT2D eigenvalue weighted by atomic mass is 9.56. The van der Waals surface area contributed by atoms with Crippen molar-refractivity contribution in [1.29, 1.82) is 0 Å². The first-order valence-electron chi connectivity index (χ1n) is 19.8. The van der Waals surface area contributed by atoms with E-state index >= 15 is 0 Å². The molecule has 1 spiro atoms. The minimum Gasteiger partial charge on any atom is -0.460 e. The Balaban J connectivity index is 1.02. The van der Waals surface area contributed by atoms with Crippen molar-refractivity contribution >= 4 is 41.7 Å². The number of ether oxygens (including phenoxy) is 3. The van der Waals surface area contributed by atoms with Crippen molar-refractivity contribution in [3.05, 3.63) is 47.5 Å². The number of hydrogen-bond donors (Lipinski definition) is 3. The topological polar surface area (TPSA) is 152 Å². The smallest absolute Gasteiger partial charge is 0.408 e. The van der Waals surface area contributed by atoms with Crippen LogP contribution in [-0.2, 0) is 45.2 Å². The number of carbonyl (C=O) groups excluding carboxylic acids is 5. The van der Waals surface area contributed by atoms with E-state index in [2.05, 4.69) is 39.6 Å². The van der Waals surface area contributed by atoms with Crippen LogP contribution in [0.4, 0.5) is 4.79 Å². The molecule has 5 fully saturated rings. The Bertz CT molecular complexity index is 1620. The molecule has 1 aromatic rings. The summed E-state index contributed by atoms with van der Waals surface area (Å²) in [5.74, 6) is -1.89. The highest BCUT2D eigenvalue weighted by Gasteiger charge is 2.61. The van der Waals surface area contributed by atoms with E-state index in [1.807, 2.05) is 12.1 Å². The Morgan fingerprint density at radius 3 is 2.58 bits per heavy atom. The van der Waals surface area contributed by atoms with Crippen molar-refractivity contribution < 1.29 is 38.2 Å². The highest BCUT2D eigenvalue weighted by atomic mass is 32.2. The van der Waals surface area contributed by atoms with E-state index in [0.717, 1.165) is 57.8 Å². The van der Waals surface area contributed by atoms with Crippen molar-refractivity contribution in [2.24, 2.45) is 11.8 Å². The number of nitrogens with one attached hydrogen (secondary N) is 3. The summed E-state index contributed by atoms with van der Waals surface area (Å²) in [7, 11) is 0. The molecule has 2 saturated heterocycles. The van der Waals surface area contributed by atoms with Gasteiger partial charge in [-0.2, -0.15) is 0 Å². The molecule has 0 radical (unpaired) electrons. The monoisotopic (exact) mass is 748 g/mol. The number of alkyl carbamates (subject to hydrolysis) is 1. The predicted molar refractivity (Wildman–Crippen MR) is 196 cm³/mol. The van der Waals surface area contributed by atoms with Crippen LogP contribution in [0.1, 0.15) is 101 Å². The molecular formula is C40H52N4O8S. The second kappa shape index (κ2) is 15.3. The SMILES string of the molecule is O=C(N[C@H]1CCCCC/C=C\[C@@H]2C[C@@]2(C(=O)NSC2CC2)NC(=O)[C@@H]2C[C@@H](OC(=O)C3Cc4ccccc4C4(CCC4)C3)CN2C1=O)O[C@@H]1CCOC1. The summed E-state index contributed by atoms with van der Waals surface area (Å²) >= 11 is 1.41. The Morgan fingerprint density at radius 1 is 0.962 bits per heavy atom. The lowest BCUT2D eigenvalue weighted by molar-refractivity contribution is -0.155. The molecule has 12 nitrogen and oxygen atoms in total. The summed E-state index contributed by atoms with van der Waals surface area (Å²) in [5, 5.41) is 6.27. The summed E-state index contributed by atoms with van der Waals surface area (Å²) in [6, 6.07) is 6.46. The predicted octanol–water partition coefficient (Wildman–Crippen LogP) is 4.39. The maximum absolute atomic E-state index is 14.5. The number of hydrogen-bond acceptors (Lipinski definition) is 9. The van der Waals surface area contributed by atoms with Gasteiger partial charge in [-0.1, -0.05) is 55.7 Å². The molecule has 3 aliphatic heterocycles. The Hall–Kier alpha value is -3.58. The fraction of sp³-hybridized carbons (Fsp3) is 0.675. The number of allylic oxidation sites excluding steroid dienone is 1. The van der Waals surface area contributed by atoms with Crippen molar-refractivity contribution in [2.75, 3.05) is 19.8 Å². The zero-order valence-electron chi connectivity index (χ0n) is 30.4. The first-order valence-corrected chi connectivity index (χ1v) is 20.7. The number of benzene rings is 1. The maximum Gasteiger partial charge on any atom is 0.408 e. The second-order valence-corrected chi connectivity index (χ2v) is 17.5. The van der Waals surface area contributed by atoms with Crippen LogP contribution >= 0.6 is 11.9 Å². The van der Waals surface area contributed by atoms with Gasteiger partial charge < -0.3 is 29.7 Å². The van der Waals surface area contributed by atoms with Crippen LogP contribution < -0.4 is 15.4 Å². The third-order valence-electron chi connectivity index (χ3n) is 12.6. The largest absolute Gasteiger partial charge is 0.460 e. The van der Waals surface area contributed by atoms with Gasteiger partial charge in [-0.25, -0.2) is 4.79 Å². The summed E-state index contributed by atoms with van der Waals surface area (Å²) in [6.07, 6.45) is 13.7. The van der Waals surface area contributed by atoms with E-state index in [9.17, 15) is 24.0 Å². The van der Waals surface area contributed by atoms with Crippen LogP contribution in [0.5, 0.6) is 0 Å². The first kappa shape index (κ1) is 36.4. The standard InChI is InChI=1S/C40H52N4O8S/c45-34-33-20-29(51-36(47)26-19-25-9-6-7-11-31(25)39(21-26)16-8-17-39)23-44(33)35(46)32(41-38(49)52-28-15-18-50-24-28)12-5-3-1-2-4-10-27-22-40(27,42-34)37(48)43-53-30-13-14-30/h4,6-7,9-11,26-30,32-33H,1-3,5,8,12-24H2,(H,41,49)(H,42,45)(H,43,48)/b10-4-/t26?,27-,28-,29-,32+,33+,40-/m1/s1. The molecule has 7 aliphatic rings. The number of fused-ring (bicyclic) bond motifs is 4. The Morgan fingerprint density at radius 2 is 1.81 bits per heavy atom. The van der Waals surface area contributed by atoms with E-state index < -0.39 is 41.6 Å². The van der Waals surface area contributed by atoms with Crippen LogP contribution in [-0.4, -0.2) is 89.5 Å². The molecule has 1 aromatic carbocycles. The number of nitrogens with zero attached hydrogens (tertiary/aromatic N) is 1. The van der Waals surface area contributed by atoms with Crippen LogP contribution in [0, 0.1) is 11.8 Å². The lowest BCUT2D eigenvalue weighted by Gasteiger charge is -2.48. The molecule has 53 heavy (non-hydrogen) atoms. The summed E-state index contributed by atoms with van der Waals surface area (Å²) in [6.45, 7) is 0.832. The van der Waals surface area contributed by atoms with Gasteiger partial charge in [0.1, 0.15) is 29.8 Å².